The molecule has 164 valence electrons. The second kappa shape index (κ2) is 7.39. The van der Waals surface area contributed by atoms with E-state index >= 15 is 0 Å². The minimum Gasteiger partial charge on any atom is -0.406 e. The highest BCUT2D eigenvalue weighted by molar-refractivity contribution is 5.61. The minimum atomic E-state index is -4.77. The monoisotopic (exact) mass is 431 g/mol. The predicted octanol–water partition coefficient (Wildman–Crippen LogP) is 4.17. The molecule has 5 nitrogen and oxygen atoms in total. The molecule has 0 unspecified atom stereocenters. The van der Waals surface area contributed by atoms with E-state index in [1.54, 1.807) is 4.68 Å². The lowest BCUT2D eigenvalue weighted by Crippen LogP contribution is -2.63. The summed E-state index contributed by atoms with van der Waals surface area (Å²) in [7, 11) is 3.80. The Morgan fingerprint density at radius 1 is 1.00 bits per heavy atom. The second-order valence-electron chi connectivity index (χ2n) is 8.47. The van der Waals surface area contributed by atoms with Gasteiger partial charge in [-0.05, 0) is 42.4 Å². The van der Waals surface area contributed by atoms with E-state index in [9.17, 15) is 18.3 Å². The lowest BCUT2D eigenvalue weighted by atomic mass is 9.62. The molecule has 1 saturated heterocycles. The first-order valence-electron chi connectivity index (χ1n) is 9.88. The second-order valence-corrected chi connectivity index (χ2v) is 8.47. The van der Waals surface area contributed by atoms with Crippen molar-refractivity contribution in [3.8, 4) is 17.0 Å². The van der Waals surface area contributed by atoms with Gasteiger partial charge in [0, 0.05) is 37.3 Å². The number of ether oxygens (including phenoxy) is 1. The summed E-state index contributed by atoms with van der Waals surface area (Å²) in [6, 6.07) is 14.9. The van der Waals surface area contributed by atoms with Crippen molar-refractivity contribution in [2.75, 3.05) is 20.1 Å². The lowest BCUT2D eigenvalue weighted by Gasteiger charge is -2.56. The van der Waals surface area contributed by atoms with Gasteiger partial charge < -0.3 is 14.7 Å². The van der Waals surface area contributed by atoms with Crippen LogP contribution in [0, 0.1) is 5.41 Å². The Labute approximate surface area is 178 Å². The van der Waals surface area contributed by atoms with Crippen LogP contribution in [0.5, 0.6) is 5.75 Å². The fourth-order valence-electron chi connectivity index (χ4n) is 4.61. The predicted molar refractivity (Wildman–Crippen MR) is 110 cm³/mol. The van der Waals surface area contributed by atoms with Gasteiger partial charge in [0.2, 0.25) is 0 Å². The Bertz CT molecular complexity index is 1070. The topological polar surface area (TPSA) is 50.5 Å². The van der Waals surface area contributed by atoms with Gasteiger partial charge in [0.25, 0.3) is 0 Å². The van der Waals surface area contributed by atoms with E-state index in [0.29, 0.717) is 24.2 Å². The summed E-state index contributed by atoms with van der Waals surface area (Å²) in [4.78, 5) is 2.09. The molecule has 0 radical (unpaired) electrons. The van der Waals surface area contributed by atoms with E-state index in [-0.39, 0.29) is 5.75 Å². The van der Waals surface area contributed by atoms with Gasteiger partial charge in [-0.3, -0.25) is 4.68 Å². The molecule has 0 spiro atoms. The van der Waals surface area contributed by atoms with E-state index in [4.69, 9.17) is 0 Å². The summed E-state index contributed by atoms with van der Waals surface area (Å²) in [5.41, 5.74) is 0.852. The van der Waals surface area contributed by atoms with Crippen molar-refractivity contribution >= 4 is 0 Å². The highest BCUT2D eigenvalue weighted by atomic mass is 19.4. The number of hydrogen-bond acceptors (Lipinski definition) is 4. The number of alkyl halides is 3. The Morgan fingerprint density at radius 2 is 1.68 bits per heavy atom. The average molecular weight is 431 g/mol. The van der Waals surface area contributed by atoms with Crippen LogP contribution in [0.3, 0.4) is 0 Å². The maximum Gasteiger partial charge on any atom is 0.573 e. The molecular weight excluding hydrogens is 407 g/mol. The average Bonchev–Trinajstić information content (AvgIpc) is 3.12. The first-order chi connectivity index (χ1) is 14.5. The van der Waals surface area contributed by atoms with Crippen molar-refractivity contribution in [3.05, 3.63) is 71.9 Å². The number of aliphatic hydroxyl groups is 1. The van der Waals surface area contributed by atoms with E-state index in [2.05, 4.69) is 14.7 Å². The van der Waals surface area contributed by atoms with Crippen molar-refractivity contribution in [1.29, 1.82) is 0 Å². The molecule has 0 amide bonds. The molecular formula is C23H24F3N3O2. The maximum atomic E-state index is 12.6. The molecule has 0 bridgehead atoms. The third-order valence-electron chi connectivity index (χ3n) is 5.91. The van der Waals surface area contributed by atoms with Crippen LogP contribution in [-0.4, -0.2) is 46.3 Å². The summed E-state index contributed by atoms with van der Waals surface area (Å²) in [6.07, 6.45) is -2.92. The molecule has 2 aromatic carbocycles. The Kier molecular flexibility index (Phi) is 5.10. The van der Waals surface area contributed by atoms with Gasteiger partial charge in [-0.1, -0.05) is 37.3 Å². The molecule has 1 N–H and O–H groups in total. The largest absolute Gasteiger partial charge is 0.573 e. The zero-order chi connectivity index (χ0) is 22.4. The number of halogens is 3. The van der Waals surface area contributed by atoms with Gasteiger partial charge in [0.1, 0.15) is 11.4 Å². The molecule has 8 heteroatoms. The van der Waals surface area contributed by atoms with E-state index < -0.39 is 17.4 Å². The van der Waals surface area contributed by atoms with Gasteiger partial charge in [-0.15, -0.1) is 13.2 Å². The molecule has 1 fully saturated rings. The Hall–Kier alpha value is -2.84. The molecule has 1 aliphatic heterocycles. The Morgan fingerprint density at radius 3 is 2.23 bits per heavy atom. The molecule has 31 heavy (non-hydrogen) atoms. The minimum absolute atomic E-state index is 0.322. The highest BCUT2D eigenvalue weighted by Crippen LogP contribution is 2.50. The SMILES string of the molecule is CN1CC(C)([C@](O)(c2ccc(OC(F)(F)F)cc2)c2cccc(-c3ccn(C)n3)c2)C1. The number of hydrogen-bond donors (Lipinski definition) is 1. The number of likely N-dealkylation sites (tertiary alicyclic amines) is 1. The Balaban J connectivity index is 1.78. The molecule has 1 aliphatic rings. The molecule has 4 rings (SSSR count). The van der Waals surface area contributed by atoms with Crippen molar-refractivity contribution in [2.24, 2.45) is 12.5 Å². The van der Waals surface area contributed by atoms with Crippen LogP contribution in [0.15, 0.2) is 60.8 Å². The van der Waals surface area contributed by atoms with Gasteiger partial charge in [0.15, 0.2) is 0 Å². The third kappa shape index (κ3) is 3.93. The van der Waals surface area contributed by atoms with Crippen LogP contribution >= 0.6 is 0 Å². The smallest absolute Gasteiger partial charge is 0.406 e. The summed E-state index contributed by atoms with van der Waals surface area (Å²) >= 11 is 0. The van der Waals surface area contributed by atoms with Crippen LogP contribution < -0.4 is 4.74 Å². The fourth-order valence-corrected chi connectivity index (χ4v) is 4.61. The molecule has 0 saturated carbocycles. The van der Waals surface area contributed by atoms with Crippen LogP contribution in [-0.2, 0) is 12.6 Å². The first kappa shape index (κ1) is 21.4. The van der Waals surface area contributed by atoms with Crippen LogP contribution in [0.2, 0.25) is 0 Å². The van der Waals surface area contributed by atoms with E-state index in [1.165, 1.54) is 24.3 Å². The summed E-state index contributed by atoms with van der Waals surface area (Å²) in [6.45, 7) is 3.26. The van der Waals surface area contributed by atoms with Crippen molar-refractivity contribution in [1.82, 2.24) is 14.7 Å². The summed E-state index contributed by atoms with van der Waals surface area (Å²) < 4.78 is 43.4. The zero-order valence-electron chi connectivity index (χ0n) is 17.5. The standard InChI is InChI=1S/C23H24F3N3O2/c1-21(14-28(2)15-21)22(30,17-7-9-19(10-8-17)31-23(24,25)26)18-6-4-5-16(13-18)20-11-12-29(3)27-20/h4-13,30H,14-15H2,1-3H3/t22-/m0/s1. The van der Waals surface area contributed by atoms with Gasteiger partial charge in [-0.25, -0.2) is 0 Å². The summed E-state index contributed by atoms with van der Waals surface area (Å²) in [5, 5.41) is 16.6. The number of rotatable bonds is 5. The molecule has 1 atom stereocenters. The van der Waals surface area contributed by atoms with Crippen molar-refractivity contribution < 1.29 is 23.0 Å². The van der Waals surface area contributed by atoms with Crippen LogP contribution in [0.4, 0.5) is 13.2 Å². The van der Waals surface area contributed by atoms with Crippen LogP contribution in [0.25, 0.3) is 11.3 Å². The third-order valence-corrected chi connectivity index (χ3v) is 5.91. The summed E-state index contributed by atoms with van der Waals surface area (Å²) in [5.74, 6) is -0.322. The van der Waals surface area contributed by atoms with Gasteiger partial charge in [-0.2, -0.15) is 5.10 Å². The lowest BCUT2D eigenvalue weighted by molar-refractivity contribution is -0.274. The highest BCUT2D eigenvalue weighted by Gasteiger charge is 2.55. The van der Waals surface area contributed by atoms with E-state index in [0.717, 1.165) is 11.3 Å². The molecule has 1 aromatic heterocycles. The fraction of sp³-hybridized carbons (Fsp3) is 0.348. The molecule has 2 heterocycles. The first-order valence-corrected chi connectivity index (χ1v) is 9.88. The number of aromatic nitrogens is 2. The van der Waals surface area contributed by atoms with Crippen molar-refractivity contribution in [3.63, 3.8) is 0 Å². The van der Waals surface area contributed by atoms with Gasteiger partial charge in [0.05, 0.1) is 5.69 Å². The van der Waals surface area contributed by atoms with Crippen LogP contribution in [0.1, 0.15) is 18.1 Å². The molecule has 3 aromatic rings. The number of aryl methyl sites for hydroxylation is 1. The number of benzene rings is 2. The van der Waals surface area contributed by atoms with Gasteiger partial charge >= 0.3 is 6.36 Å². The maximum absolute atomic E-state index is 12.6. The number of nitrogens with zero attached hydrogens (tertiary/aromatic N) is 3. The molecule has 0 aliphatic carbocycles. The van der Waals surface area contributed by atoms with E-state index in [1.807, 2.05) is 57.5 Å². The quantitative estimate of drug-likeness (QED) is 0.659. The normalized spacial score (nSPS) is 18.3. The van der Waals surface area contributed by atoms with Crippen molar-refractivity contribution in [2.45, 2.75) is 18.9 Å². The zero-order valence-corrected chi connectivity index (χ0v) is 17.5.